The standard InChI is InChI=1S/C17H16N4O2S/c22-15(19-10-8-13-5-2-1-3-6-13)12-24-17-21-20-16(23-17)14-7-4-9-18-11-14/h1-7,9,11H,8,10,12H2,(H,19,22). The molecule has 3 aromatic rings. The van der Waals surface area contributed by atoms with Crippen molar-refractivity contribution in [2.75, 3.05) is 12.3 Å². The van der Waals surface area contributed by atoms with E-state index in [4.69, 9.17) is 4.42 Å². The Kier molecular flexibility index (Phi) is 5.57. The summed E-state index contributed by atoms with van der Waals surface area (Å²) in [5, 5.41) is 11.1. The van der Waals surface area contributed by atoms with Crippen molar-refractivity contribution in [2.45, 2.75) is 11.6 Å². The van der Waals surface area contributed by atoms with Crippen LogP contribution < -0.4 is 5.32 Å². The third-order valence-electron chi connectivity index (χ3n) is 3.22. The van der Waals surface area contributed by atoms with E-state index in [2.05, 4.69) is 20.5 Å². The van der Waals surface area contributed by atoms with Gasteiger partial charge in [-0.25, -0.2) is 0 Å². The number of aromatic nitrogens is 3. The number of carbonyl (C=O) groups is 1. The van der Waals surface area contributed by atoms with Crippen LogP contribution in [0.15, 0.2) is 64.5 Å². The predicted molar refractivity (Wildman–Crippen MR) is 91.4 cm³/mol. The minimum atomic E-state index is -0.0583. The van der Waals surface area contributed by atoms with Crippen LogP contribution in [0.2, 0.25) is 0 Å². The van der Waals surface area contributed by atoms with Crippen LogP contribution in [-0.2, 0) is 11.2 Å². The maximum Gasteiger partial charge on any atom is 0.277 e. The van der Waals surface area contributed by atoms with Crippen LogP contribution in [0.3, 0.4) is 0 Å². The smallest absolute Gasteiger partial charge is 0.277 e. The molecule has 0 bridgehead atoms. The molecule has 0 saturated heterocycles. The molecular formula is C17H16N4O2S. The maximum atomic E-state index is 11.9. The van der Waals surface area contributed by atoms with Crippen molar-refractivity contribution in [2.24, 2.45) is 0 Å². The lowest BCUT2D eigenvalue weighted by Gasteiger charge is -2.04. The van der Waals surface area contributed by atoms with Crippen molar-refractivity contribution in [1.82, 2.24) is 20.5 Å². The molecule has 0 aliphatic carbocycles. The second-order valence-corrected chi connectivity index (χ2v) is 5.92. The van der Waals surface area contributed by atoms with Gasteiger partial charge in [-0.2, -0.15) is 0 Å². The first-order valence-corrected chi connectivity index (χ1v) is 8.47. The lowest BCUT2D eigenvalue weighted by molar-refractivity contribution is -0.118. The fourth-order valence-corrected chi connectivity index (χ4v) is 2.64. The summed E-state index contributed by atoms with van der Waals surface area (Å²) < 4.78 is 5.51. The SMILES string of the molecule is O=C(CSc1nnc(-c2cccnc2)o1)NCCc1ccccc1. The third kappa shape index (κ3) is 4.66. The Morgan fingerprint density at radius 1 is 1.12 bits per heavy atom. The van der Waals surface area contributed by atoms with Gasteiger partial charge >= 0.3 is 0 Å². The van der Waals surface area contributed by atoms with Crippen LogP contribution in [0, 0.1) is 0 Å². The summed E-state index contributed by atoms with van der Waals surface area (Å²) in [6.07, 6.45) is 4.14. The summed E-state index contributed by atoms with van der Waals surface area (Å²) in [4.78, 5) is 15.9. The second-order valence-electron chi connectivity index (χ2n) is 4.99. The van der Waals surface area contributed by atoms with E-state index in [9.17, 15) is 4.79 Å². The van der Waals surface area contributed by atoms with Crippen molar-refractivity contribution in [3.05, 3.63) is 60.4 Å². The molecule has 0 aliphatic heterocycles. The van der Waals surface area contributed by atoms with Gasteiger partial charge < -0.3 is 9.73 Å². The highest BCUT2D eigenvalue weighted by Crippen LogP contribution is 2.22. The summed E-state index contributed by atoms with van der Waals surface area (Å²) in [6, 6.07) is 13.7. The molecule has 1 amide bonds. The monoisotopic (exact) mass is 340 g/mol. The summed E-state index contributed by atoms with van der Waals surface area (Å²) in [7, 11) is 0. The Balaban J connectivity index is 1.42. The zero-order valence-corrected chi connectivity index (χ0v) is 13.7. The van der Waals surface area contributed by atoms with Gasteiger partial charge in [0.1, 0.15) is 0 Å². The molecule has 2 heterocycles. The number of nitrogens with one attached hydrogen (secondary N) is 1. The van der Waals surface area contributed by atoms with E-state index in [0.29, 0.717) is 17.7 Å². The van der Waals surface area contributed by atoms with Crippen molar-refractivity contribution in [3.8, 4) is 11.5 Å². The Morgan fingerprint density at radius 2 is 2.00 bits per heavy atom. The minimum Gasteiger partial charge on any atom is -0.411 e. The van der Waals surface area contributed by atoms with Crippen LogP contribution in [0.4, 0.5) is 0 Å². The van der Waals surface area contributed by atoms with Gasteiger partial charge in [0, 0.05) is 18.9 Å². The summed E-state index contributed by atoms with van der Waals surface area (Å²) in [6.45, 7) is 0.605. The molecule has 7 heteroatoms. The van der Waals surface area contributed by atoms with Crippen molar-refractivity contribution in [3.63, 3.8) is 0 Å². The molecule has 122 valence electrons. The zero-order valence-electron chi connectivity index (χ0n) is 12.9. The molecular weight excluding hydrogens is 324 g/mol. The number of amides is 1. The number of benzene rings is 1. The van der Waals surface area contributed by atoms with E-state index >= 15 is 0 Å². The molecule has 0 fully saturated rings. The first kappa shape index (κ1) is 16.2. The van der Waals surface area contributed by atoms with Crippen molar-refractivity contribution < 1.29 is 9.21 Å². The van der Waals surface area contributed by atoms with Gasteiger partial charge in [-0.3, -0.25) is 9.78 Å². The molecule has 24 heavy (non-hydrogen) atoms. The second kappa shape index (κ2) is 8.26. The Hall–Kier alpha value is -2.67. The van der Waals surface area contributed by atoms with E-state index < -0.39 is 0 Å². The molecule has 0 saturated carbocycles. The number of hydrogen-bond donors (Lipinski definition) is 1. The van der Waals surface area contributed by atoms with Crippen LogP contribution in [0.5, 0.6) is 0 Å². The van der Waals surface area contributed by atoms with Gasteiger partial charge in [-0.15, -0.1) is 10.2 Å². The lowest BCUT2D eigenvalue weighted by Crippen LogP contribution is -2.27. The lowest BCUT2D eigenvalue weighted by atomic mass is 10.1. The number of nitrogens with zero attached hydrogens (tertiary/aromatic N) is 3. The molecule has 0 radical (unpaired) electrons. The summed E-state index contributed by atoms with van der Waals surface area (Å²) in [5.74, 6) is 0.579. The van der Waals surface area contributed by atoms with Gasteiger partial charge in [-0.05, 0) is 24.1 Å². The largest absolute Gasteiger partial charge is 0.411 e. The van der Waals surface area contributed by atoms with Gasteiger partial charge in [0.25, 0.3) is 5.22 Å². The average molecular weight is 340 g/mol. The molecule has 0 aliphatic rings. The molecule has 1 aromatic carbocycles. The molecule has 6 nitrogen and oxygen atoms in total. The molecule has 3 rings (SSSR count). The highest BCUT2D eigenvalue weighted by atomic mass is 32.2. The number of thioether (sulfide) groups is 1. The zero-order chi connectivity index (χ0) is 16.6. The van der Waals surface area contributed by atoms with Crippen LogP contribution in [-0.4, -0.2) is 33.4 Å². The van der Waals surface area contributed by atoms with E-state index in [0.717, 1.165) is 12.0 Å². The van der Waals surface area contributed by atoms with Gasteiger partial charge in [0.15, 0.2) is 0 Å². The highest BCUT2D eigenvalue weighted by Gasteiger charge is 2.11. The number of rotatable bonds is 7. The van der Waals surface area contributed by atoms with Gasteiger partial charge in [-0.1, -0.05) is 42.1 Å². The first-order chi connectivity index (χ1) is 11.8. The van der Waals surface area contributed by atoms with Crippen LogP contribution in [0.25, 0.3) is 11.5 Å². The third-order valence-corrected chi connectivity index (χ3v) is 4.04. The van der Waals surface area contributed by atoms with E-state index in [1.165, 1.54) is 17.3 Å². The minimum absolute atomic E-state index is 0.0583. The van der Waals surface area contributed by atoms with Crippen LogP contribution >= 0.6 is 11.8 Å². The van der Waals surface area contributed by atoms with Crippen LogP contribution in [0.1, 0.15) is 5.56 Å². The van der Waals surface area contributed by atoms with Gasteiger partial charge in [0.2, 0.25) is 11.8 Å². The van der Waals surface area contributed by atoms with E-state index in [1.807, 2.05) is 36.4 Å². The van der Waals surface area contributed by atoms with E-state index in [1.54, 1.807) is 18.5 Å². The fraction of sp³-hybridized carbons (Fsp3) is 0.176. The topological polar surface area (TPSA) is 80.9 Å². The number of hydrogen-bond acceptors (Lipinski definition) is 6. The Bertz CT molecular complexity index is 778. The fourth-order valence-electron chi connectivity index (χ4n) is 2.04. The summed E-state index contributed by atoms with van der Waals surface area (Å²) >= 11 is 1.22. The first-order valence-electron chi connectivity index (χ1n) is 7.48. The molecule has 0 spiro atoms. The van der Waals surface area contributed by atoms with E-state index in [-0.39, 0.29) is 11.7 Å². The Labute approximate surface area is 143 Å². The average Bonchev–Trinajstić information content (AvgIpc) is 3.11. The summed E-state index contributed by atoms with van der Waals surface area (Å²) in [5.41, 5.74) is 1.95. The predicted octanol–water partition coefficient (Wildman–Crippen LogP) is 2.58. The molecule has 2 aromatic heterocycles. The highest BCUT2D eigenvalue weighted by molar-refractivity contribution is 7.99. The number of pyridine rings is 1. The molecule has 1 N–H and O–H groups in total. The van der Waals surface area contributed by atoms with Gasteiger partial charge in [0.05, 0.1) is 11.3 Å². The normalized spacial score (nSPS) is 10.5. The quantitative estimate of drug-likeness (QED) is 0.666. The van der Waals surface area contributed by atoms with Crippen molar-refractivity contribution in [1.29, 1.82) is 0 Å². The Morgan fingerprint density at radius 3 is 2.79 bits per heavy atom. The molecule has 0 unspecified atom stereocenters. The maximum absolute atomic E-state index is 11.9. The molecule has 0 atom stereocenters. The number of carbonyl (C=O) groups excluding carboxylic acids is 1. The van der Waals surface area contributed by atoms with Crippen molar-refractivity contribution >= 4 is 17.7 Å².